The fourth-order valence-electron chi connectivity index (χ4n) is 2.78. The highest BCUT2D eigenvalue weighted by molar-refractivity contribution is 6.06. The standard InChI is InChI=1S/C19H20N2O5/c1-12-19(23)21(14-6-4-5-7-15(14)26-12)11-18(22)20-13-8-9-16(24-2)17(10-13)25-3/h4-10,12H,11H2,1-3H3,(H,20,22). The second-order valence-electron chi connectivity index (χ2n) is 5.77. The molecule has 0 aliphatic carbocycles. The number of fused-ring (bicyclic) bond motifs is 1. The van der Waals surface area contributed by atoms with Crippen LogP contribution in [0.15, 0.2) is 42.5 Å². The summed E-state index contributed by atoms with van der Waals surface area (Å²) in [6.45, 7) is 1.55. The molecule has 0 aromatic heterocycles. The van der Waals surface area contributed by atoms with Crippen molar-refractivity contribution in [3.63, 3.8) is 0 Å². The van der Waals surface area contributed by atoms with Gasteiger partial charge in [0.25, 0.3) is 5.91 Å². The third-order valence-electron chi connectivity index (χ3n) is 4.04. The molecule has 1 atom stereocenters. The van der Waals surface area contributed by atoms with Gasteiger partial charge in [-0.3, -0.25) is 14.5 Å². The third kappa shape index (κ3) is 3.42. The molecule has 2 amide bonds. The summed E-state index contributed by atoms with van der Waals surface area (Å²) in [6.07, 6.45) is -0.640. The minimum atomic E-state index is -0.640. The van der Waals surface area contributed by atoms with Crippen molar-refractivity contribution < 1.29 is 23.8 Å². The first-order valence-corrected chi connectivity index (χ1v) is 8.12. The minimum absolute atomic E-state index is 0.113. The molecule has 3 rings (SSSR count). The van der Waals surface area contributed by atoms with Crippen molar-refractivity contribution in [3.8, 4) is 17.2 Å². The largest absolute Gasteiger partial charge is 0.493 e. The van der Waals surface area contributed by atoms with Gasteiger partial charge >= 0.3 is 0 Å². The number of hydrogen-bond acceptors (Lipinski definition) is 5. The van der Waals surface area contributed by atoms with Crippen molar-refractivity contribution in [1.82, 2.24) is 0 Å². The molecule has 1 unspecified atom stereocenters. The lowest BCUT2D eigenvalue weighted by Gasteiger charge is -2.32. The van der Waals surface area contributed by atoms with Crippen molar-refractivity contribution >= 4 is 23.2 Å². The molecule has 2 aromatic rings. The Morgan fingerprint density at radius 2 is 1.88 bits per heavy atom. The highest BCUT2D eigenvalue weighted by Gasteiger charge is 2.32. The summed E-state index contributed by atoms with van der Waals surface area (Å²) in [6, 6.07) is 12.2. The Labute approximate surface area is 151 Å². The Morgan fingerprint density at radius 3 is 2.62 bits per heavy atom. The van der Waals surface area contributed by atoms with Crippen LogP contribution in [0, 0.1) is 0 Å². The van der Waals surface area contributed by atoms with Gasteiger partial charge in [0.15, 0.2) is 17.6 Å². The topological polar surface area (TPSA) is 77.1 Å². The van der Waals surface area contributed by atoms with Gasteiger partial charge in [-0.2, -0.15) is 0 Å². The normalized spacial score (nSPS) is 15.7. The van der Waals surface area contributed by atoms with E-state index >= 15 is 0 Å². The molecular formula is C19H20N2O5. The Bertz CT molecular complexity index is 836. The van der Waals surface area contributed by atoms with E-state index in [1.54, 1.807) is 50.4 Å². The number of rotatable bonds is 5. The van der Waals surface area contributed by atoms with E-state index in [1.807, 2.05) is 6.07 Å². The number of carbonyl (C=O) groups is 2. The first-order chi connectivity index (χ1) is 12.5. The number of ether oxygens (including phenoxy) is 3. The quantitative estimate of drug-likeness (QED) is 0.890. The van der Waals surface area contributed by atoms with E-state index in [0.717, 1.165) is 0 Å². The monoisotopic (exact) mass is 356 g/mol. The van der Waals surface area contributed by atoms with Crippen molar-refractivity contribution in [1.29, 1.82) is 0 Å². The summed E-state index contributed by atoms with van der Waals surface area (Å²) < 4.78 is 16.0. The van der Waals surface area contributed by atoms with E-state index in [2.05, 4.69) is 5.32 Å². The SMILES string of the molecule is COc1ccc(NC(=O)CN2C(=O)C(C)Oc3ccccc32)cc1OC. The van der Waals surface area contributed by atoms with E-state index in [-0.39, 0.29) is 18.4 Å². The van der Waals surface area contributed by atoms with Crippen LogP contribution in [0.4, 0.5) is 11.4 Å². The van der Waals surface area contributed by atoms with Gasteiger partial charge in [-0.05, 0) is 31.2 Å². The maximum Gasteiger partial charge on any atom is 0.268 e. The maximum atomic E-state index is 12.5. The number of nitrogens with one attached hydrogen (secondary N) is 1. The fraction of sp³-hybridized carbons (Fsp3) is 0.263. The van der Waals surface area contributed by atoms with Crippen LogP contribution < -0.4 is 24.4 Å². The van der Waals surface area contributed by atoms with Crippen molar-refractivity contribution in [2.24, 2.45) is 0 Å². The van der Waals surface area contributed by atoms with E-state index in [1.165, 1.54) is 12.0 Å². The second kappa shape index (κ2) is 7.35. The van der Waals surface area contributed by atoms with Gasteiger partial charge in [-0.1, -0.05) is 12.1 Å². The van der Waals surface area contributed by atoms with Gasteiger partial charge in [0.05, 0.1) is 19.9 Å². The summed E-state index contributed by atoms with van der Waals surface area (Å²) in [4.78, 5) is 26.4. The number of methoxy groups -OCH3 is 2. The van der Waals surface area contributed by atoms with Crippen LogP contribution in [0.25, 0.3) is 0 Å². The lowest BCUT2D eigenvalue weighted by Crippen LogP contribution is -2.47. The Balaban J connectivity index is 1.77. The molecule has 136 valence electrons. The van der Waals surface area contributed by atoms with E-state index < -0.39 is 6.10 Å². The van der Waals surface area contributed by atoms with Gasteiger partial charge < -0.3 is 19.5 Å². The highest BCUT2D eigenvalue weighted by atomic mass is 16.5. The number of nitrogens with zero attached hydrogens (tertiary/aromatic N) is 1. The zero-order valence-electron chi connectivity index (χ0n) is 14.8. The number of para-hydroxylation sites is 2. The molecule has 26 heavy (non-hydrogen) atoms. The van der Waals surface area contributed by atoms with Crippen LogP contribution in [0.5, 0.6) is 17.2 Å². The van der Waals surface area contributed by atoms with Crippen LogP contribution >= 0.6 is 0 Å². The van der Waals surface area contributed by atoms with Crippen LogP contribution in [0.2, 0.25) is 0 Å². The zero-order valence-corrected chi connectivity index (χ0v) is 14.8. The zero-order chi connectivity index (χ0) is 18.7. The van der Waals surface area contributed by atoms with Crippen LogP contribution in [0.3, 0.4) is 0 Å². The predicted octanol–water partition coefficient (Wildman–Crippen LogP) is 2.46. The molecule has 1 N–H and O–H groups in total. The van der Waals surface area contributed by atoms with Crippen LogP contribution in [-0.2, 0) is 9.59 Å². The molecule has 1 heterocycles. The van der Waals surface area contributed by atoms with Crippen molar-refractivity contribution in [3.05, 3.63) is 42.5 Å². The maximum absolute atomic E-state index is 12.5. The lowest BCUT2D eigenvalue weighted by atomic mass is 10.2. The Morgan fingerprint density at radius 1 is 1.15 bits per heavy atom. The summed E-state index contributed by atoms with van der Waals surface area (Å²) in [5, 5.41) is 2.77. The van der Waals surface area contributed by atoms with E-state index in [4.69, 9.17) is 14.2 Å². The summed E-state index contributed by atoms with van der Waals surface area (Å²) in [7, 11) is 3.06. The molecule has 0 radical (unpaired) electrons. The molecule has 0 bridgehead atoms. The first-order valence-electron chi connectivity index (χ1n) is 8.12. The molecule has 7 heteroatoms. The van der Waals surface area contributed by atoms with Gasteiger partial charge in [0, 0.05) is 11.8 Å². The summed E-state index contributed by atoms with van der Waals surface area (Å²) in [5.74, 6) is 1.07. The number of carbonyl (C=O) groups excluding carboxylic acids is 2. The van der Waals surface area contributed by atoms with Gasteiger partial charge in [0.2, 0.25) is 5.91 Å². The van der Waals surface area contributed by atoms with Crippen molar-refractivity contribution in [2.45, 2.75) is 13.0 Å². The number of hydrogen-bond donors (Lipinski definition) is 1. The molecule has 0 spiro atoms. The van der Waals surface area contributed by atoms with E-state index in [0.29, 0.717) is 28.6 Å². The summed E-state index contributed by atoms with van der Waals surface area (Å²) >= 11 is 0. The molecule has 2 aromatic carbocycles. The Kier molecular flexibility index (Phi) is 4.97. The average molecular weight is 356 g/mol. The van der Waals surface area contributed by atoms with E-state index in [9.17, 15) is 9.59 Å². The number of anilines is 2. The summed E-state index contributed by atoms with van der Waals surface area (Å²) in [5.41, 5.74) is 1.13. The third-order valence-corrected chi connectivity index (χ3v) is 4.04. The van der Waals surface area contributed by atoms with Gasteiger partial charge in [-0.25, -0.2) is 0 Å². The van der Waals surface area contributed by atoms with Gasteiger partial charge in [0.1, 0.15) is 12.3 Å². The molecule has 0 saturated heterocycles. The number of benzene rings is 2. The molecular weight excluding hydrogens is 336 g/mol. The van der Waals surface area contributed by atoms with Gasteiger partial charge in [-0.15, -0.1) is 0 Å². The van der Waals surface area contributed by atoms with Crippen LogP contribution in [0.1, 0.15) is 6.92 Å². The molecule has 0 saturated carbocycles. The second-order valence-corrected chi connectivity index (χ2v) is 5.77. The molecule has 0 fully saturated rings. The molecule has 7 nitrogen and oxygen atoms in total. The lowest BCUT2D eigenvalue weighted by molar-refractivity contribution is -0.127. The number of amides is 2. The van der Waals surface area contributed by atoms with Crippen molar-refractivity contribution in [2.75, 3.05) is 31.0 Å². The first kappa shape index (κ1) is 17.6. The van der Waals surface area contributed by atoms with Crippen LogP contribution in [-0.4, -0.2) is 38.7 Å². The highest BCUT2D eigenvalue weighted by Crippen LogP contribution is 2.34. The molecule has 1 aliphatic heterocycles. The predicted molar refractivity (Wildman–Crippen MR) is 97.1 cm³/mol. The smallest absolute Gasteiger partial charge is 0.268 e. The Hall–Kier alpha value is -3.22. The fourth-order valence-corrected chi connectivity index (χ4v) is 2.78. The molecule has 1 aliphatic rings. The average Bonchev–Trinajstić information content (AvgIpc) is 2.65. The minimum Gasteiger partial charge on any atom is -0.493 e.